The molecule has 0 radical (unpaired) electrons. The molecule has 0 saturated heterocycles. The van der Waals surface area contributed by atoms with Gasteiger partial charge in [0.25, 0.3) is 0 Å². The largest absolute Gasteiger partial charge is 0.394 e. The summed E-state index contributed by atoms with van der Waals surface area (Å²) >= 11 is 0. The second-order valence-electron chi connectivity index (χ2n) is 4.78. The highest BCUT2D eigenvalue weighted by molar-refractivity contribution is 4.75. The third-order valence-corrected chi connectivity index (χ3v) is 3.49. The number of aliphatic hydroxyl groups excluding tert-OH is 2. The van der Waals surface area contributed by atoms with Crippen molar-refractivity contribution in [3.8, 4) is 0 Å². The van der Waals surface area contributed by atoms with Crippen molar-refractivity contribution in [1.29, 1.82) is 0 Å². The van der Waals surface area contributed by atoms with Crippen molar-refractivity contribution >= 4 is 0 Å². The molecule has 3 N–H and O–H groups in total. The predicted octanol–water partition coefficient (Wildman–Crippen LogP) is 1.29. The minimum atomic E-state index is -0.613. The lowest BCUT2D eigenvalue weighted by Crippen LogP contribution is -2.39. The average Bonchev–Trinajstić information content (AvgIpc) is 2.53. The van der Waals surface area contributed by atoms with Crippen LogP contribution in [0.3, 0.4) is 0 Å². The van der Waals surface area contributed by atoms with Crippen LogP contribution in [0.25, 0.3) is 0 Å². The van der Waals surface area contributed by atoms with Gasteiger partial charge < -0.3 is 15.5 Å². The molecule has 3 nitrogen and oxygen atoms in total. The lowest BCUT2D eigenvalue weighted by molar-refractivity contribution is 0.0898. The number of hydrogen-bond donors (Lipinski definition) is 3. The molecule has 0 aromatic carbocycles. The Morgan fingerprint density at radius 3 is 2.33 bits per heavy atom. The van der Waals surface area contributed by atoms with Gasteiger partial charge in [0, 0.05) is 12.6 Å². The van der Waals surface area contributed by atoms with E-state index in [4.69, 9.17) is 5.11 Å². The molecule has 1 aliphatic rings. The topological polar surface area (TPSA) is 52.5 Å². The molecule has 2 atom stereocenters. The van der Waals surface area contributed by atoms with Crippen molar-refractivity contribution in [3.63, 3.8) is 0 Å². The summed E-state index contributed by atoms with van der Waals surface area (Å²) in [7, 11) is 0. The standard InChI is InChI=1S/C12H25NO2/c1-10(13-8-12(15)9-14)11-6-4-2-3-5-7-11/h10-15H,2-9H2,1H3/t10-,12?/m0/s1. The Labute approximate surface area is 92.9 Å². The highest BCUT2D eigenvalue weighted by atomic mass is 16.3. The first-order valence-corrected chi connectivity index (χ1v) is 6.26. The van der Waals surface area contributed by atoms with E-state index >= 15 is 0 Å². The zero-order valence-electron chi connectivity index (χ0n) is 9.78. The van der Waals surface area contributed by atoms with Crippen LogP contribution in [0, 0.1) is 5.92 Å². The molecule has 1 fully saturated rings. The van der Waals surface area contributed by atoms with Gasteiger partial charge in [-0.05, 0) is 25.7 Å². The van der Waals surface area contributed by atoms with Gasteiger partial charge in [-0.3, -0.25) is 0 Å². The molecule has 1 rings (SSSR count). The first kappa shape index (κ1) is 12.9. The van der Waals surface area contributed by atoms with Gasteiger partial charge >= 0.3 is 0 Å². The van der Waals surface area contributed by atoms with Crippen molar-refractivity contribution in [2.24, 2.45) is 5.92 Å². The molecule has 90 valence electrons. The summed E-state index contributed by atoms with van der Waals surface area (Å²) in [5.74, 6) is 0.749. The van der Waals surface area contributed by atoms with Crippen molar-refractivity contribution in [2.75, 3.05) is 13.2 Å². The van der Waals surface area contributed by atoms with Crippen LogP contribution in [0.1, 0.15) is 45.4 Å². The second-order valence-corrected chi connectivity index (χ2v) is 4.78. The van der Waals surface area contributed by atoms with Crippen LogP contribution in [0.4, 0.5) is 0 Å². The molecule has 0 aromatic heterocycles. The summed E-state index contributed by atoms with van der Waals surface area (Å²) in [5.41, 5.74) is 0. The van der Waals surface area contributed by atoms with Crippen LogP contribution in [0.2, 0.25) is 0 Å². The fourth-order valence-electron chi connectivity index (χ4n) is 2.36. The maximum atomic E-state index is 9.25. The Kier molecular flexibility index (Phi) is 6.22. The molecule has 1 unspecified atom stereocenters. The van der Waals surface area contributed by atoms with Gasteiger partial charge in [0.15, 0.2) is 0 Å². The zero-order valence-corrected chi connectivity index (χ0v) is 9.78. The molecule has 0 bridgehead atoms. The third-order valence-electron chi connectivity index (χ3n) is 3.49. The Hall–Kier alpha value is -0.120. The van der Waals surface area contributed by atoms with Gasteiger partial charge in [0.2, 0.25) is 0 Å². The summed E-state index contributed by atoms with van der Waals surface area (Å²) in [6.07, 6.45) is 7.45. The summed E-state index contributed by atoms with van der Waals surface area (Å²) in [4.78, 5) is 0. The third kappa shape index (κ3) is 4.96. The Balaban J connectivity index is 2.22. The molecule has 0 amide bonds. The van der Waals surface area contributed by atoms with E-state index in [2.05, 4.69) is 12.2 Å². The van der Waals surface area contributed by atoms with Crippen molar-refractivity contribution in [1.82, 2.24) is 5.32 Å². The number of nitrogens with one attached hydrogen (secondary N) is 1. The van der Waals surface area contributed by atoms with E-state index in [9.17, 15) is 5.11 Å². The molecular weight excluding hydrogens is 190 g/mol. The van der Waals surface area contributed by atoms with E-state index in [0.29, 0.717) is 12.6 Å². The predicted molar refractivity (Wildman–Crippen MR) is 61.7 cm³/mol. The summed E-state index contributed by atoms with van der Waals surface area (Å²) in [5, 5.41) is 21.3. The maximum absolute atomic E-state index is 9.25. The van der Waals surface area contributed by atoms with Gasteiger partial charge in [0.05, 0.1) is 12.7 Å². The van der Waals surface area contributed by atoms with Crippen LogP contribution >= 0.6 is 0 Å². The lowest BCUT2D eigenvalue weighted by Gasteiger charge is -2.24. The molecule has 0 aromatic rings. The fourth-order valence-corrected chi connectivity index (χ4v) is 2.36. The monoisotopic (exact) mass is 215 g/mol. The molecule has 1 aliphatic carbocycles. The van der Waals surface area contributed by atoms with Crippen LogP contribution < -0.4 is 5.32 Å². The molecule has 3 heteroatoms. The second kappa shape index (κ2) is 7.20. The normalized spacial score (nSPS) is 23.4. The average molecular weight is 215 g/mol. The number of aliphatic hydroxyl groups is 2. The molecule has 0 aliphatic heterocycles. The fraction of sp³-hybridized carbons (Fsp3) is 1.00. The first-order valence-electron chi connectivity index (χ1n) is 6.26. The van der Waals surface area contributed by atoms with Crippen LogP contribution in [0.5, 0.6) is 0 Å². The van der Waals surface area contributed by atoms with Crippen molar-refractivity contribution < 1.29 is 10.2 Å². The maximum Gasteiger partial charge on any atom is 0.0895 e. The molecule has 0 spiro atoms. The molecule has 0 heterocycles. The zero-order chi connectivity index (χ0) is 11.1. The first-order chi connectivity index (χ1) is 7.24. The summed E-state index contributed by atoms with van der Waals surface area (Å²) < 4.78 is 0. The SMILES string of the molecule is C[C@H](NCC(O)CO)C1CCCCCC1. The minimum absolute atomic E-state index is 0.148. The van der Waals surface area contributed by atoms with E-state index in [-0.39, 0.29) is 6.61 Å². The summed E-state index contributed by atoms with van der Waals surface area (Å²) in [6, 6.07) is 0.462. The van der Waals surface area contributed by atoms with Crippen molar-refractivity contribution in [2.45, 2.75) is 57.6 Å². The van der Waals surface area contributed by atoms with E-state index < -0.39 is 6.10 Å². The van der Waals surface area contributed by atoms with Crippen LogP contribution in [0.15, 0.2) is 0 Å². The van der Waals surface area contributed by atoms with E-state index in [1.165, 1.54) is 38.5 Å². The quantitative estimate of drug-likeness (QED) is 0.606. The lowest BCUT2D eigenvalue weighted by atomic mass is 9.93. The van der Waals surface area contributed by atoms with E-state index in [1.54, 1.807) is 0 Å². The van der Waals surface area contributed by atoms with Gasteiger partial charge in [-0.1, -0.05) is 25.7 Å². The van der Waals surface area contributed by atoms with Gasteiger partial charge in [-0.2, -0.15) is 0 Å². The molecular formula is C12H25NO2. The van der Waals surface area contributed by atoms with E-state index in [0.717, 1.165) is 5.92 Å². The van der Waals surface area contributed by atoms with Gasteiger partial charge in [-0.25, -0.2) is 0 Å². The van der Waals surface area contributed by atoms with Crippen LogP contribution in [-0.4, -0.2) is 35.5 Å². The molecule has 1 saturated carbocycles. The van der Waals surface area contributed by atoms with Crippen LogP contribution in [-0.2, 0) is 0 Å². The Morgan fingerprint density at radius 1 is 1.20 bits per heavy atom. The smallest absolute Gasteiger partial charge is 0.0895 e. The highest BCUT2D eigenvalue weighted by Gasteiger charge is 2.18. The van der Waals surface area contributed by atoms with Crippen molar-refractivity contribution in [3.05, 3.63) is 0 Å². The van der Waals surface area contributed by atoms with Gasteiger partial charge in [0.1, 0.15) is 0 Å². The summed E-state index contributed by atoms with van der Waals surface area (Å²) in [6.45, 7) is 2.55. The Bertz CT molecular complexity index is 156. The number of hydrogen-bond acceptors (Lipinski definition) is 3. The molecule has 15 heavy (non-hydrogen) atoms. The highest BCUT2D eigenvalue weighted by Crippen LogP contribution is 2.25. The minimum Gasteiger partial charge on any atom is -0.394 e. The number of rotatable bonds is 5. The van der Waals surface area contributed by atoms with E-state index in [1.807, 2.05) is 0 Å². The van der Waals surface area contributed by atoms with Gasteiger partial charge in [-0.15, -0.1) is 0 Å². The Morgan fingerprint density at radius 2 is 1.80 bits per heavy atom.